The van der Waals surface area contributed by atoms with Gasteiger partial charge in [-0.3, -0.25) is 9.59 Å². The van der Waals surface area contributed by atoms with Gasteiger partial charge in [-0.05, 0) is 88.2 Å². The van der Waals surface area contributed by atoms with Gasteiger partial charge < -0.3 is 29.2 Å². The molecule has 4 aliphatic carbocycles. The first-order valence-electron chi connectivity index (χ1n) is 17.7. The van der Waals surface area contributed by atoms with Crippen molar-refractivity contribution < 1.29 is 56.7 Å². The van der Waals surface area contributed by atoms with E-state index in [9.17, 15) is 37.8 Å². The van der Waals surface area contributed by atoms with Gasteiger partial charge in [0.05, 0.1) is 17.4 Å². The van der Waals surface area contributed by atoms with Crippen molar-refractivity contribution in [3.05, 3.63) is 48.0 Å². The topological polar surface area (TPSA) is 132 Å². The average Bonchev–Trinajstić information content (AvgIpc) is 3.72. The number of epoxide rings is 1. The normalized spacial score (nSPS) is 45.9. The van der Waals surface area contributed by atoms with E-state index in [0.717, 1.165) is 19.2 Å². The summed E-state index contributed by atoms with van der Waals surface area (Å²) in [5.41, 5.74) is -10.6. The van der Waals surface area contributed by atoms with Gasteiger partial charge in [-0.15, -0.1) is 0 Å². The Kier molecular flexibility index (Phi) is 7.90. The molecule has 3 saturated carbocycles. The molecule has 1 aromatic rings. The van der Waals surface area contributed by atoms with Gasteiger partial charge in [0.2, 0.25) is 0 Å². The van der Waals surface area contributed by atoms with Gasteiger partial charge in [0, 0.05) is 18.1 Å². The first-order chi connectivity index (χ1) is 23.3. The second-order valence-corrected chi connectivity index (χ2v) is 16.4. The van der Waals surface area contributed by atoms with Gasteiger partial charge >= 0.3 is 18.1 Å². The van der Waals surface area contributed by atoms with Gasteiger partial charge in [-0.2, -0.15) is 13.2 Å². The molecule has 2 saturated heterocycles. The van der Waals surface area contributed by atoms with Crippen LogP contribution in [0.3, 0.4) is 0 Å². The number of carbonyl (C=O) groups is 3. The smallest absolute Gasteiger partial charge is 0.432 e. The lowest BCUT2D eigenvalue weighted by atomic mass is 9.43. The summed E-state index contributed by atoms with van der Waals surface area (Å²) in [5, 5.41) is 24.7. The lowest BCUT2D eigenvalue weighted by molar-refractivity contribution is -0.279. The number of allylic oxidation sites excluding steroid dienone is 1. The highest BCUT2D eigenvalue weighted by molar-refractivity contribution is 5.98. The van der Waals surface area contributed by atoms with Crippen molar-refractivity contribution in [3.8, 4) is 0 Å². The Labute approximate surface area is 289 Å². The number of ketones is 1. The number of halogens is 3. The highest BCUT2D eigenvalue weighted by Gasteiger charge is 2.83. The molecule has 0 unspecified atom stereocenters. The fourth-order valence-corrected chi connectivity index (χ4v) is 11.4. The Morgan fingerprint density at radius 3 is 2.30 bits per heavy atom. The van der Waals surface area contributed by atoms with E-state index in [4.69, 9.17) is 18.9 Å². The Balaban J connectivity index is 1.19. The van der Waals surface area contributed by atoms with E-state index in [1.165, 1.54) is 30.4 Å². The van der Waals surface area contributed by atoms with E-state index in [0.29, 0.717) is 32.1 Å². The fourth-order valence-electron chi connectivity index (χ4n) is 11.4. The molecule has 5 fully saturated rings. The predicted octanol–water partition coefficient (Wildman–Crippen LogP) is 5.20. The molecular formula is C38H47F3O9. The van der Waals surface area contributed by atoms with E-state index >= 15 is 0 Å². The average molecular weight is 705 g/mol. The number of carbonyl (C=O) groups excluding carboxylic acids is 3. The van der Waals surface area contributed by atoms with Crippen LogP contribution in [0.5, 0.6) is 0 Å². The van der Waals surface area contributed by atoms with Crippen molar-refractivity contribution in [1.82, 2.24) is 0 Å². The highest BCUT2D eigenvalue weighted by Crippen LogP contribution is 2.74. The number of methoxy groups -OCH3 is 1. The first kappa shape index (κ1) is 35.6. The second-order valence-electron chi connectivity index (χ2n) is 16.4. The van der Waals surface area contributed by atoms with Gasteiger partial charge in [-0.1, -0.05) is 51.1 Å². The molecule has 274 valence electrons. The molecule has 6 aliphatic rings. The van der Waals surface area contributed by atoms with Crippen molar-refractivity contribution in [3.63, 3.8) is 0 Å². The molecule has 1 spiro atoms. The van der Waals surface area contributed by atoms with Crippen molar-refractivity contribution in [2.45, 2.75) is 120 Å². The summed E-state index contributed by atoms with van der Waals surface area (Å²) in [5.74, 6) is -3.24. The molecule has 2 aliphatic heterocycles. The van der Waals surface area contributed by atoms with Gasteiger partial charge in [0.25, 0.3) is 5.60 Å². The standard InChI is InChI=1S/C38H47F3O9/c1-20-18-28(48-30(43)21(20)2)34(5,45)35(46)17-15-24-23-19-29-37(50-29)27(13-12-26(42)33(37,4)25(23)14-16-32(24,35)3)49-31(44)36(47-6,38(39,40)41)22-10-8-7-9-11-22/h7-13,20-21,23-25,27-29,45-46H,14-19H2,1-6H3/t20-,21+,23-,24-,25-,27-,28+,29+,32-,33-,34-,35+,36+,37+/m0/s1. The predicted molar refractivity (Wildman–Crippen MR) is 171 cm³/mol. The van der Waals surface area contributed by atoms with Crippen LogP contribution in [0.4, 0.5) is 13.2 Å². The number of rotatable bonds is 6. The summed E-state index contributed by atoms with van der Waals surface area (Å²) < 4.78 is 67.1. The number of cyclic esters (lactones) is 1. The molecule has 50 heavy (non-hydrogen) atoms. The lowest BCUT2D eigenvalue weighted by Crippen LogP contribution is -2.70. The number of aliphatic hydroxyl groups is 2. The number of alkyl halides is 3. The molecule has 7 rings (SSSR count). The Morgan fingerprint density at radius 1 is 1.02 bits per heavy atom. The molecule has 1 aromatic carbocycles. The molecular weight excluding hydrogens is 657 g/mol. The van der Waals surface area contributed by atoms with E-state index in [1.807, 2.05) is 13.8 Å². The van der Waals surface area contributed by atoms with Crippen LogP contribution in [-0.4, -0.2) is 76.3 Å². The van der Waals surface area contributed by atoms with Gasteiger partial charge in [-0.25, -0.2) is 4.79 Å². The number of ether oxygens (including phenoxy) is 4. The van der Waals surface area contributed by atoms with Crippen LogP contribution >= 0.6 is 0 Å². The van der Waals surface area contributed by atoms with Crippen molar-refractivity contribution in [1.29, 1.82) is 0 Å². The molecule has 14 atom stereocenters. The number of fused-ring (bicyclic) bond motifs is 4. The summed E-state index contributed by atoms with van der Waals surface area (Å²) in [6.45, 7) is 9.04. The van der Waals surface area contributed by atoms with E-state index in [2.05, 4.69) is 0 Å². The summed E-state index contributed by atoms with van der Waals surface area (Å²) in [6, 6.07) is 6.59. The SMILES string of the molecule is CO[C@@](C(=O)O[C@H]1C=CC(=O)[C@]2(C)[C@H]3CC[C@@]4(C)[C@@H](CC[C@]4(O)[C@@](C)(O)[C@H]4C[C@H](C)[C@@H](C)C(=O)O4)[C@@H]3C[C@H]3O[C@]132)(c1ccccc1)C(F)(F)F. The minimum atomic E-state index is -5.17. The quantitative estimate of drug-likeness (QED) is 0.303. The maximum atomic E-state index is 14.8. The van der Waals surface area contributed by atoms with Crippen LogP contribution in [0.25, 0.3) is 0 Å². The number of hydrogen-bond donors (Lipinski definition) is 2. The maximum Gasteiger partial charge on any atom is 0.432 e. The molecule has 0 radical (unpaired) electrons. The summed E-state index contributed by atoms with van der Waals surface area (Å²) in [4.78, 5) is 40.4. The van der Waals surface area contributed by atoms with Crippen LogP contribution in [-0.2, 0) is 38.9 Å². The Bertz CT molecular complexity index is 1610. The zero-order valence-corrected chi connectivity index (χ0v) is 29.3. The van der Waals surface area contributed by atoms with Crippen molar-refractivity contribution in [2.75, 3.05) is 7.11 Å². The van der Waals surface area contributed by atoms with Crippen LogP contribution in [0, 0.1) is 40.4 Å². The summed E-state index contributed by atoms with van der Waals surface area (Å²) in [7, 11) is 0.810. The minimum absolute atomic E-state index is 0.0409. The Morgan fingerprint density at radius 2 is 1.68 bits per heavy atom. The third-order valence-electron chi connectivity index (χ3n) is 14.7. The second kappa shape index (κ2) is 11.1. The van der Waals surface area contributed by atoms with E-state index in [1.54, 1.807) is 20.8 Å². The monoisotopic (exact) mass is 704 g/mol. The third kappa shape index (κ3) is 4.25. The zero-order valence-electron chi connectivity index (χ0n) is 29.3. The minimum Gasteiger partial charge on any atom is -0.459 e. The van der Waals surface area contributed by atoms with E-state index < -0.39 is 75.2 Å². The Hall–Kier alpha value is -2.80. The zero-order chi connectivity index (χ0) is 36.4. The van der Waals surface area contributed by atoms with Gasteiger partial charge in [0.15, 0.2) is 11.9 Å². The van der Waals surface area contributed by atoms with Crippen LogP contribution in [0.15, 0.2) is 42.5 Å². The maximum absolute atomic E-state index is 14.8. The molecule has 0 bridgehead atoms. The summed E-state index contributed by atoms with van der Waals surface area (Å²) >= 11 is 0. The lowest BCUT2D eigenvalue weighted by Gasteiger charge is -2.61. The number of hydrogen-bond acceptors (Lipinski definition) is 9. The molecule has 12 heteroatoms. The van der Waals surface area contributed by atoms with Crippen LogP contribution in [0.1, 0.15) is 78.7 Å². The fraction of sp³-hybridized carbons (Fsp3) is 0.711. The van der Waals surface area contributed by atoms with Crippen LogP contribution < -0.4 is 0 Å². The molecule has 2 heterocycles. The molecule has 0 amide bonds. The van der Waals surface area contributed by atoms with Crippen LogP contribution in [0.2, 0.25) is 0 Å². The first-order valence-corrected chi connectivity index (χ1v) is 17.7. The van der Waals surface area contributed by atoms with Crippen molar-refractivity contribution >= 4 is 17.7 Å². The largest absolute Gasteiger partial charge is 0.459 e. The summed E-state index contributed by atoms with van der Waals surface area (Å²) in [6.07, 6.45) is -2.78. The molecule has 9 nitrogen and oxygen atoms in total. The number of benzene rings is 1. The van der Waals surface area contributed by atoms with E-state index in [-0.39, 0.29) is 41.8 Å². The van der Waals surface area contributed by atoms with Gasteiger partial charge in [0.1, 0.15) is 22.9 Å². The molecule has 0 aromatic heterocycles. The number of esters is 2. The van der Waals surface area contributed by atoms with Crippen molar-refractivity contribution in [2.24, 2.45) is 40.4 Å². The highest BCUT2D eigenvalue weighted by atomic mass is 19.4. The third-order valence-corrected chi connectivity index (χ3v) is 14.7. The molecule has 2 N–H and O–H groups in total.